The molecule has 4 nitrogen and oxygen atoms in total. The van der Waals surface area contributed by atoms with E-state index in [0.717, 1.165) is 12.1 Å². The Kier molecular flexibility index (Phi) is 4.50. The van der Waals surface area contributed by atoms with Gasteiger partial charge in [0, 0.05) is 38.1 Å². The van der Waals surface area contributed by atoms with Gasteiger partial charge in [0.2, 0.25) is 5.91 Å². The Labute approximate surface area is 112 Å². The number of rotatable bonds is 3. The monoisotopic (exact) mass is 265 g/mol. The predicted molar refractivity (Wildman–Crippen MR) is 72.0 cm³/mol. The number of amides is 1. The third-order valence-electron chi connectivity index (χ3n) is 3.45. The van der Waals surface area contributed by atoms with Crippen LogP contribution in [-0.4, -0.2) is 36.5 Å². The summed E-state index contributed by atoms with van der Waals surface area (Å²) >= 11 is 0. The van der Waals surface area contributed by atoms with Crippen LogP contribution in [0.4, 0.5) is 4.39 Å². The number of carbonyl (C=O) groups excluding carboxylic acids is 1. The van der Waals surface area contributed by atoms with Gasteiger partial charge in [0.1, 0.15) is 5.82 Å². The standard InChI is InChI=1S/C14H20FN3O/c1-10(16)14(11-2-4-12(15)5-3-11)18-8-6-13(19)17-7-9-18/h2-5,10,14H,6-9,16H2,1H3,(H,17,19). The van der Waals surface area contributed by atoms with Crippen molar-refractivity contribution < 1.29 is 9.18 Å². The fraction of sp³-hybridized carbons (Fsp3) is 0.500. The summed E-state index contributed by atoms with van der Waals surface area (Å²) in [6, 6.07) is 6.36. The summed E-state index contributed by atoms with van der Waals surface area (Å²) < 4.78 is 13.0. The normalized spacial score (nSPS) is 20.5. The zero-order valence-electron chi connectivity index (χ0n) is 11.1. The minimum atomic E-state index is -0.250. The largest absolute Gasteiger partial charge is 0.355 e. The second-order valence-corrected chi connectivity index (χ2v) is 4.99. The van der Waals surface area contributed by atoms with Crippen LogP contribution in [0.1, 0.15) is 24.9 Å². The molecule has 1 aliphatic rings. The number of nitrogens with one attached hydrogen (secondary N) is 1. The van der Waals surface area contributed by atoms with Crippen molar-refractivity contribution in [2.24, 2.45) is 5.73 Å². The van der Waals surface area contributed by atoms with Crippen LogP contribution in [0.3, 0.4) is 0 Å². The van der Waals surface area contributed by atoms with Gasteiger partial charge in [-0.05, 0) is 24.6 Å². The summed E-state index contributed by atoms with van der Waals surface area (Å²) in [6.07, 6.45) is 0.477. The van der Waals surface area contributed by atoms with E-state index >= 15 is 0 Å². The van der Waals surface area contributed by atoms with Gasteiger partial charge in [-0.1, -0.05) is 12.1 Å². The van der Waals surface area contributed by atoms with Crippen molar-refractivity contribution in [3.63, 3.8) is 0 Å². The van der Waals surface area contributed by atoms with E-state index in [1.54, 1.807) is 12.1 Å². The minimum Gasteiger partial charge on any atom is -0.355 e. The lowest BCUT2D eigenvalue weighted by atomic mass is 9.99. The molecule has 2 unspecified atom stereocenters. The summed E-state index contributed by atoms with van der Waals surface area (Å²) in [5.41, 5.74) is 7.07. The van der Waals surface area contributed by atoms with E-state index in [4.69, 9.17) is 5.73 Å². The summed E-state index contributed by atoms with van der Waals surface area (Å²) in [6.45, 7) is 4.00. The number of halogens is 1. The van der Waals surface area contributed by atoms with Crippen molar-refractivity contribution >= 4 is 5.91 Å². The molecule has 1 heterocycles. The maximum atomic E-state index is 13.0. The first-order chi connectivity index (χ1) is 9.08. The molecule has 2 atom stereocenters. The minimum absolute atomic E-state index is 0.00769. The number of hydrogen-bond donors (Lipinski definition) is 2. The molecular weight excluding hydrogens is 245 g/mol. The highest BCUT2D eigenvalue weighted by Gasteiger charge is 2.26. The van der Waals surface area contributed by atoms with Crippen LogP contribution in [0, 0.1) is 5.82 Å². The van der Waals surface area contributed by atoms with Crippen molar-refractivity contribution in [2.75, 3.05) is 19.6 Å². The molecule has 0 aromatic heterocycles. The second kappa shape index (κ2) is 6.12. The predicted octanol–water partition coefficient (Wildman–Crippen LogP) is 1.04. The van der Waals surface area contributed by atoms with Crippen molar-refractivity contribution in [2.45, 2.75) is 25.4 Å². The molecule has 0 saturated carbocycles. The van der Waals surface area contributed by atoms with Gasteiger partial charge in [0.25, 0.3) is 0 Å². The number of nitrogens with two attached hydrogens (primary N) is 1. The molecule has 104 valence electrons. The van der Waals surface area contributed by atoms with Gasteiger partial charge in [-0.3, -0.25) is 9.69 Å². The summed E-state index contributed by atoms with van der Waals surface area (Å²) in [7, 11) is 0. The number of carbonyl (C=O) groups is 1. The molecule has 0 radical (unpaired) electrons. The van der Waals surface area contributed by atoms with Crippen LogP contribution in [0.15, 0.2) is 24.3 Å². The van der Waals surface area contributed by atoms with E-state index in [1.165, 1.54) is 12.1 Å². The van der Waals surface area contributed by atoms with Crippen molar-refractivity contribution in [1.82, 2.24) is 10.2 Å². The molecular formula is C14H20FN3O. The molecule has 1 aliphatic heterocycles. The average Bonchev–Trinajstić information content (AvgIpc) is 2.57. The highest BCUT2D eigenvalue weighted by atomic mass is 19.1. The van der Waals surface area contributed by atoms with E-state index in [2.05, 4.69) is 10.2 Å². The van der Waals surface area contributed by atoms with Gasteiger partial charge in [0.15, 0.2) is 0 Å². The van der Waals surface area contributed by atoms with Gasteiger partial charge in [-0.25, -0.2) is 4.39 Å². The summed E-state index contributed by atoms with van der Waals surface area (Å²) in [4.78, 5) is 13.6. The quantitative estimate of drug-likeness (QED) is 0.858. The van der Waals surface area contributed by atoms with Gasteiger partial charge < -0.3 is 11.1 Å². The Morgan fingerprint density at radius 1 is 1.32 bits per heavy atom. The summed E-state index contributed by atoms with van der Waals surface area (Å²) in [5, 5.41) is 2.85. The third kappa shape index (κ3) is 3.52. The number of hydrogen-bond acceptors (Lipinski definition) is 3. The molecule has 1 aromatic rings. The molecule has 19 heavy (non-hydrogen) atoms. The Hall–Kier alpha value is -1.46. The highest BCUT2D eigenvalue weighted by molar-refractivity contribution is 5.76. The first kappa shape index (κ1) is 14.0. The van der Waals surface area contributed by atoms with Crippen molar-refractivity contribution in [1.29, 1.82) is 0 Å². The molecule has 1 aromatic carbocycles. The van der Waals surface area contributed by atoms with E-state index in [1.807, 2.05) is 6.92 Å². The Balaban J connectivity index is 2.19. The first-order valence-corrected chi connectivity index (χ1v) is 6.59. The van der Waals surface area contributed by atoms with Gasteiger partial charge in [-0.2, -0.15) is 0 Å². The molecule has 1 saturated heterocycles. The number of benzene rings is 1. The van der Waals surface area contributed by atoms with Crippen LogP contribution in [0.2, 0.25) is 0 Å². The van der Waals surface area contributed by atoms with E-state index in [-0.39, 0.29) is 23.8 Å². The lowest BCUT2D eigenvalue weighted by Crippen LogP contribution is -2.41. The molecule has 0 bridgehead atoms. The SMILES string of the molecule is CC(N)C(c1ccc(F)cc1)N1CCNC(=O)CC1. The third-order valence-corrected chi connectivity index (χ3v) is 3.45. The molecule has 0 aliphatic carbocycles. The van der Waals surface area contributed by atoms with E-state index < -0.39 is 0 Å². The van der Waals surface area contributed by atoms with E-state index in [0.29, 0.717) is 19.5 Å². The first-order valence-electron chi connectivity index (χ1n) is 6.59. The molecule has 5 heteroatoms. The molecule has 3 N–H and O–H groups in total. The topological polar surface area (TPSA) is 58.4 Å². The fourth-order valence-corrected chi connectivity index (χ4v) is 2.57. The average molecular weight is 265 g/mol. The van der Waals surface area contributed by atoms with E-state index in [9.17, 15) is 9.18 Å². The van der Waals surface area contributed by atoms with Crippen molar-refractivity contribution in [3.8, 4) is 0 Å². The Morgan fingerprint density at radius 2 is 2.00 bits per heavy atom. The zero-order chi connectivity index (χ0) is 13.8. The summed E-state index contributed by atoms with van der Waals surface area (Å²) in [5.74, 6) is -0.176. The van der Waals surface area contributed by atoms with Crippen molar-refractivity contribution in [3.05, 3.63) is 35.6 Å². The van der Waals surface area contributed by atoms with Gasteiger partial charge in [-0.15, -0.1) is 0 Å². The number of nitrogens with zero attached hydrogens (tertiary/aromatic N) is 1. The van der Waals surface area contributed by atoms with Crippen LogP contribution >= 0.6 is 0 Å². The Morgan fingerprint density at radius 3 is 2.63 bits per heavy atom. The molecule has 0 spiro atoms. The second-order valence-electron chi connectivity index (χ2n) is 4.99. The van der Waals surface area contributed by atoms with Crippen LogP contribution in [-0.2, 0) is 4.79 Å². The lowest BCUT2D eigenvalue weighted by molar-refractivity contribution is -0.120. The highest BCUT2D eigenvalue weighted by Crippen LogP contribution is 2.24. The maximum absolute atomic E-state index is 13.0. The smallest absolute Gasteiger partial charge is 0.221 e. The molecule has 2 rings (SSSR count). The maximum Gasteiger partial charge on any atom is 0.221 e. The van der Waals surface area contributed by atoms with Crippen LogP contribution < -0.4 is 11.1 Å². The molecule has 1 amide bonds. The van der Waals surface area contributed by atoms with Crippen LogP contribution in [0.25, 0.3) is 0 Å². The lowest BCUT2D eigenvalue weighted by Gasteiger charge is -2.33. The van der Waals surface area contributed by atoms with Gasteiger partial charge >= 0.3 is 0 Å². The van der Waals surface area contributed by atoms with Crippen LogP contribution in [0.5, 0.6) is 0 Å². The zero-order valence-corrected chi connectivity index (χ0v) is 11.1. The fourth-order valence-electron chi connectivity index (χ4n) is 2.57. The van der Waals surface area contributed by atoms with Gasteiger partial charge in [0.05, 0.1) is 0 Å². The molecule has 1 fully saturated rings. The Bertz CT molecular complexity index is 433.